The van der Waals surface area contributed by atoms with Crippen LogP contribution in [0.4, 0.5) is 0 Å². The van der Waals surface area contributed by atoms with E-state index in [1.807, 2.05) is 13.8 Å². The molecule has 0 bridgehead atoms. The SMILES string of the molecule is CCN=C(NC1CCCC(C(=O)NC(C)C)C1)NC1C2CCOC2C12CCC2.I. The first kappa shape index (κ1) is 23.1. The third-order valence-corrected chi connectivity index (χ3v) is 7.46. The maximum Gasteiger partial charge on any atom is 0.223 e. The smallest absolute Gasteiger partial charge is 0.223 e. The maximum absolute atomic E-state index is 12.5. The Morgan fingerprint density at radius 3 is 2.62 bits per heavy atom. The minimum atomic E-state index is 0. The van der Waals surface area contributed by atoms with Gasteiger partial charge in [-0.3, -0.25) is 9.79 Å². The first-order valence-electron chi connectivity index (χ1n) is 11.5. The first-order chi connectivity index (χ1) is 13.5. The second-order valence-electron chi connectivity index (χ2n) is 9.64. The van der Waals surface area contributed by atoms with Gasteiger partial charge >= 0.3 is 0 Å². The van der Waals surface area contributed by atoms with E-state index in [1.54, 1.807) is 0 Å². The number of nitrogens with one attached hydrogen (secondary N) is 3. The van der Waals surface area contributed by atoms with Crippen molar-refractivity contribution in [2.45, 2.75) is 96.4 Å². The number of fused-ring (bicyclic) bond motifs is 2. The Labute approximate surface area is 192 Å². The molecule has 1 spiro atoms. The molecule has 0 radical (unpaired) electrons. The molecular formula is C22H39IN4O2. The highest BCUT2D eigenvalue weighted by atomic mass is 127. The summed E-state index contributed by atoms with van der Waals surface area (Å²) in [6.45, 7) is 7.83. The minimum Gasteiger partial charge on any atom is -0.377 e. The highest BCUT2D eigenvalue weighted by Crippen LogP contribution is 2.62. The number of carbonyl (C=O) groups excluding carboxylic acids is 1. The zero-order chi connectivity index (χ0) is 19.7. The van der Waals surface area contributed by atoms with E-state index in [2.05, 4.69) is 22.9 Å². The van der Waals surface area contributed by atoms with Crippen LogP contribution in [0.3, 0.4) is 0 Å². The van der Waals surface area contributed by atoms with Crippen LogP contribution in [-0.4, -0.2) is 49.2 Å². The molecule has 7 heteroatoms. The quantitative estimate of drug-likeness (QED) is 0.297. The van der Waals surface area contributed by atoms with Crippen molar-refractivity contribution in [1.29, 1.82) is 0 Å². The second kappa shape index (κ2) is 9.71. The summed E-state index contributed by atoms with van der Waals surface area (Å²) in [5.41, 5.74) is 0.351. The van der Waals surface area contributed by atoms with E-state index in [0.29, 0.717) is 29.5 Å². The Morgan fingerprint density at radius 2 is 1.97 bits per heavy atom. The molecule has 3 saturated carbocycles. The summed E-state index contributed by atoms with van der Waals surface area (Å²) < 4.78 is 6.06. The number of guanidine groups is 1. The largest absolute Gasteiger partial charge is 0.377 e. The van der Waals surface area contributed by atoms with Gasteiger partial charge in [-0.15, -0.1) is 24.0 Å². The Kier molecular flexibility index (Phi) is 7.73. The standard InChI is InChI=1S/C22H38N4O2.HI/c1-4-23-21(25-16-8-5-7-15(13-16)20(27)24-14(2)3)26-18-17-9-12-28-19(17)22(18)10-6-11-22;/h14-19H,4-13H2,1-3H3,(H,24,27)(H2,23,25,26);1H. The fraction of sp³-hybridized carbons (Fsp3) is 0.909. The summed E-state index contributed by atoms with van der Waals surface area (Å²) in [6.07, 6.45) is 9.64. The van der Waals surface area contributed by atoms with Gasteiger partial charge in [0.05, 0.1) is 6.10 Å². The normalized spacial score (nSPS) is 35.2. The van der Waals surface area contributed by atoms with E-state index in [0.717, 1.165) is 44.8 Å². The fourth-order valence-electron chi connectivity index (χ4n) is 6.05. The fourth-order valence-corrected chi connectivity index (χ4v) is 6.05. The number of nitrogens with zero attached hydrogens (tertiary/aromatic N) is 1. The van der Waals surface area contributed by atoms with Crippen LogP contribution in [-0.2, 0) is 9.53 Å². The average molecular weight is 518 g/mol. The predicted octanol–water partition coefficient (Wildman–Crippen LogP) is 3.20. The van der Waals surface area contributed by atoms with E-state index < -0.39 is 0 Å². The Bertz CT molecular complexity index is 608. The molecule has 5 unspecified atom stereocenters. The summed E-state index contributed by atoms with van der Waals surface area (Å²) >= 11 is 0. The van der Waals surface area contributed by atoms with Crippen molar-refractivity contribution in [3.05, 3.63) is 0 Å². The van der Waals surface area contributed by atoms with Gasteiger partial charge in [-0.2, -0.15) is 0 Å². The molecule has 166 valence electrons. The van der Waals surface area contributed by atoms with Crippen molar-refractivity contribution < 1.29 is 9.53 Å². The predicted molar refractivity (Wildman–Crippen MR) is 127 cm³/mol. The Hall–Kier alpha value is -0.570. The summed E-state index contributed by atoms with van der Waals surface area (Å²) in [5, 5.41) is 10.6. The molecule has 3 aliphatic carbocycles. The summed E-state index contributed by atoms with van der Waals surface area (Å²) in [5.74, 6) is 1.91. The van der Waals surface area contributed by atoms with E-state index >= 15 is 0 Å². The first-order valence-corrected chi connectivity index (χ1v) is 11.5. The molecule has 0 aromatic heterocycles. The van der Waals surface area contributed by atoms with Crippen molar-refractivity contribution in [1.82, 2.24) is 16.0 Å². The molecule has 4 aliphatic rings. The number of hydrogen-bond acceptors (Lipinski definition) is 3. The number of ether oxygens (including phenoxy) is 1. The molecular weight excluding hydrogens is 479 g/mol. The van der Waals surface area contributed by atoms with Crippen LogP contribution in [0.25, 0.3) is 0 Å². The van der Waals surface area contributed by atoms with E-state index in [1.165, 1.54) is 25.7 Å². The van der Waals surface area contributed by atoms with Gasteiger partial charge < -0.3 is 20.7 Å². The summed E-state index contributed by atoms with van der Waals surface area (Å²) in [4.78, 5) is 17.2. The lowest BCUT2D eigenvalue weighted by Gasteiger charge is -2.63. The zero-order valence-corrected chi connectivity index (χ0v) is 20.5. The van der Waals surface area contributed by atoms with Crippen molar-refractivity contribution >= 4 is 35.8 Å². The molecule has 0 aromatic carbocycles. The molecule has 1 aliphatic heterocycles. The molecule has 5 atom stereocenters. The molecule has 4 rings (SSSR count). The molecule has 0 aromatic rings. The van der Waals surface area contributed by atoms with Crippen molar-refractivity contribution in [3.63, 3.8) is 0 Å². The minimum absolute atomic E-state index is 0. The van der Waals surface area contributed by atoms with Crippen LogP contribution in [0.1, 0.15) is 72.1 Å². The van der Waals surface area contributed by atoms with Crippen molar-refractivity contribution in [2.75, 3.05) is 13.2 Å². The third-order valence-electron chi connectivity index (χ3n) is 7.46. The number of aliphatic imine (C=N–C) groups is 1. The lowest BCUT2D eigenvalue weighted by atomic mass is 9.46. The van der Waals surface area contributed by atoms with Gasteiger partial charge in [0.2, 0.25) is 5.91 Å². The van der Waals surface area contributed by atoms with Gasteiger partial charge in [0.1, 0.15) is 0 Å². The van der Waals surface area contributed by atoms with Crippen molar-refractivity contribution in [3.8, 4) is 0 Å². The van der Waals surface area contributed by atoms with E-state index in [9.17, 15) is 4.79 Å². The van der Waals surface area contributed by atoms with E-state index in [4.69, 9.17) is 9.73 Å². The van der Waals surface area contributed by atoms with Crippen LogP contribution in [0, 0.1) is 17.3 Å². The monoisotopic (exact) mass is 518 g/mol. The van der Waals surface area contributed by atoms with Crippen LogP contribution >= 0.6 is 24.0 Å². The number of hydrogen-bond donors (Lipinski definition) is 3. The molecule has 1 heterocycles. The molecule has 6 nitrogen and oxygen atoms in total. The number of amides is 1. The maximum atomic E-state index is 12.5. The summed E-state index contributed by atoms with van der Waals surface area (Å²) in [7, 11) is 0. The Morgan fingerprint density at radius 1 is 1.17 bits per heavy atom. The van der Waals surface area contributed by atoms with Gasteiger partial charge in [-0.05, 0) is 59.3 Å². The lowest BCUT2D eigenvalue weighted by molar-refractivity contribution is -0.171. The number of carbonyl (C=O) groups is 1. The third kappa shape index (κ3) is 4.55. The van der Waals surface area contributed by atoms with Crippen LogP contribution in [0.5, 0.6) is 0 Å². The zero-order valence-electron chi connectivity index (χ0n) is 18.2. The highest BCUT2D eigenvalue weighted by molar-refractivity contribution is 14.0. The average Bonchev–Trinajstić information content (AvgIpc) is 3.03. The second-order valence-corrected chi connectivity index (χ2v) is 9.64. The number of halogens is 1. The van der Waals surface area contributed by atoms with E-state index in [-0.39, 0.29) is 41.8 Å². The molecule has 1 saturated heterocycles. The number of rotatable bonds is 5. The molecule has 1 amide bonds. The van der Waals surface area contributed by atoms with Crippen LogP contribution in [0.2, 0.25) is 0 Å². The molecule has 29 heavy (non-hydrogen) atoms. The molecule has 3 N–H and O–H groups in total. The van der Waals surface area contributed by atoms with Crippen molar-refractivity contribution in [2.24, 2.45) is 22.2 Å². The topological polar surface area (TPSA) is 74.8 Å². The van der Waals surface area contributed by atoms with Gasteiger partial charge in [0, 0.05) is 48.5 Å². The van der Waals surface area contributed by atoms with Gasteiger partial charge in [-0.25, -0.2) is 0 Å². The van der Waals surface area contributed by atoms with Crippen LogP contribution in [0.15, 0.2) is 4.99 Å². The summed E-state index contributed by atoms with van der Waals surface area (Å²) in [6, 6.07) is 1.02. The lowest BCUT2D eigenvalue weighted by Crippen LogP contribution is -2.72. The van der Waals surface area contributed by atoms with Crippen LogP contribution < -0.4 is 16.0 Å². The highest BCUT2D eigenvalue weighted by Gasteiger charge is 2.66. The van der Waals surface area contributed by atoms with Gasteiger partial charge in [0.25, 0.3) is 0 Å². The Balaban J connectivity index is 0.00000240. The molecule has 4 fully saturated rings. The van der Waals surface area contributed by atoms with Gasteiger partial charge in [-0.1, -0.05) is 12.8 Å². The van der Waals surface area contributed by atoms with Gasteiger partial charge in [0.15, 0.2) is 5.96 Å².